The minimum atomic E-state index is -1.37. The summed E-state index contributed by atoms with van der Waals surface area (Å²) in [7, 11) is 1.38. The third-order valence-electron chi connectivity index (χ3n) is 5.89. The summed E-state index contributed by atoms with van der Waals surface area (Å²) in [6, 6.07) is 7.90. The quantitative estimate of drug-likeness (QED) is 0.0578. The molecule has 0 aliphatic rings. The fourth-order valence-electron chi connectivity index (χ4n) is 3.91. The summed E-state index contributed by atoms with van der Waals surface area (Å²) in [6.45, 7) is 1.37. The van der Waals surface area contributed by atoms with Gasteiger partial charge in [0.1, 0.15) is 17.6 Å². The average Bonchev–Trinajstić information content (AvgIpc) is 3.59. The molecule has 0 radical (unpaired) electrons. The van der Waals surface area contributed by atoms with Crippen LogP contribution in [0, 0.1) is 11.2 Å². The highest BCUT2D eigenvalue weighted by atomic mass is 19.1. The molecule has 42 heavy (non-hydrogen) atoms. The highest BCUT2D eigenvalue weighted by Gasteiger charge is 2.28. The molecule has 2 aromatic carbocycles. The number of aromatic nitrogens is 5. The minimum absolute atomic E-state index is 0.0179. The van der Waals surface area contributed by atoms with Crippen molar-refractivity contribution in [3.8, 4) is 17.3 Å². The number of halogens is 1. The maximum absolute atomic E-state index is 16.0. The standard InChI is InChI=1S/C26H27FN8O7/c1-13(36)41-8-3-9-42-18-11-16(40-2)10-17(19(18)27)20(32-15-6-4-14(5-7-15)22(28)29)23-33-26(39)35(34-23)24-21(25(37)38)30-12-31-24/h4-7,10-12,20,32H,3,8-9H2,1-2H3,(H3,28,29)(H,30,31)(H,37,38)(H,33,34,39)/t20-/m0/s1. The first kappa shape index (κ1) is 29.3. The van der Waals surface area contributed by atoms with Crippen LogP contribution >= 0.6 is 0 Å². The molecule has 2 aromatic heterocycles. The van der Waals surface area contributed by atoms with E-state index in [9.17, 15) is 19.5 Å². The molecule has 2 heterocycles. The van der Waals surface area contributed by atoms with Crippen LogP contribution in [-0.4, -0.2) is 67.9 Å². The summed E-state index contributed by atoms with van der Waals surface area (Å²) in [5.74, 6) is -3.09. The maximum atomic E-state index is 16.0. The zero-order valence-corrected chi connectivity index (χ0v) is 22.4. The molecule has 0 spiro atoms. The van der Waals surface area contributed by atoms with Crippen LogP contribution < -0.4 is 26.2 Å². The minimum Gasteiger partial charge on any atom is -0.497 e. The lowest BCUT2D eigenvalue weighted by Crippen LogP contribution is -2.19. The third-order valence-corrected chi connectivity index (χ3v) is 5.89. The number of nitrogens with one attached hydrogen (secondary N) is 4. The SMILES string of the molecule is COc1cc(OCCCOC(C)=O)c(F)c([C@H](Nc2ccc(C(=N)N)cc2)c2nn(-c3nc[nH]c3C(=O)O)c(=O)[nH]2)c1. The largest absolute Gasteiger partial charge is 0.497 e. The lowest BCUT2D eigenvalue weighted by atomic mass is 10.0. The van der Waals surface area contributed by atoms with E-state index in [-0.39, 0.29) is 53.4 Å². The smallest absolute Gasteiger partial charge is 0.356 e. The number of anilines is 1. The van der Waals surface area contributed by atoms with Gasteiger partial charge in [-0.25, -0.2) is 19.0 Å². The highest BCUT2D eigenvalue weighted by Crippen LogP contribution is 2.35. The third kappa shape index (κ3) is 6.55. The number of carbonyl (C=O) groups excluding carboxylic acids is 1. The number of aromatic amines is 2. The van der Waals surface area contributed by atoms with E-state index < -0.39 is 29.5 Å². The van der Waals surface area contributed by atoms with E-state index in [1.807, 2.05) is 0 Å². The molecule has 15 nitrogen and oxygen atoms in total. The summed E-state index contributed by atoms with van der Waals surface area (Å²) in [6.07, 6.45) is 1.39. The van der Waals surface area contributed by atoms with Crippen LogP contribution in [0.25, 0.3) is 5.82 Å². The Morgan fingerprint density at radius 2 is 1.98 bits per heavy atom. The Morgan fingerprint density at radius 1 is 1.24 bits per heavy atom. The van der Waals surface area contributed by atoms with Gasteiger partial charge in [0.15, 0.2) is 28.9 Å². The van der Waals surface area contributed by atoms with Crippen LogP contribution in [0.1, 0.15) is 46.8 Å². The summed E-state index contributed by atoms with van der Waals surface area (Å²) in [4.78, 5) is 44.4. The number of esters is 1. The van der Waals surface area contributed by atoms with Crippen LogP contribution in [0.5, 0.6) is 11.5 Å². The van der Waals surface area contributed by atoms with E-state index in [0.717, 1.165) is 11.0 Å². The van der Waals surface area contributed by atoms with Crippen molar-refractivity contribution in [2.45, 2.75) is 19.4 Å². The average molecular weight is 583 g/mol. The van der Waals surface area contributed by atoms with Gasteiger partial charge in [-0.1, -0.05) is 0 Å². The number of H-pyrrole nitrogens is 2. The van der Waals surface area contributed by atoms with Gasteiger partial charge in [0, 0.05) is 36.2 Å². The number of carboxylic acids is 1. The van der Waals surface area contributed by atoms with Crippen molar-refractivity contribution in [1.82, 2.24) is 24.7 Å². The molecule has 0 saturated heterocycles. The summed E-state index contributed by atoms with van der Waals surface area (Å²) < 4.78 is 32.6. The maximum Gasteiger partial charge on any atom is 0.356 e. The Morgan fingerprint density at radius 3 is 2.62 bits per heavy atom. The number of amidine groups is 1. The number of benzene rings is 2. The fraction of sp³-hybridized carbons (Fsp3) is 0.231. The molecule has 0 aliphatic heterocycles. The molecule has 4 rings (SSSR count). The molecule has 0 saturated carbocycles. The lowest BCUT2D eigenvalue weighted by molar-refractivity contribution is -0.141. The van der Waals surface area contributed by atoms with Gasteiger partial charge in [0.05, 0.1) is 26.7 Å². The number of imidazole rings is 1. The van der Waals surface area contributed by atoms with E-state index in [1.165, 1.54) is 26.2 Å². The van der Waals surface area contributed by atoms with Crippen molar-refractivity contribution in [2.75, 3.05) is 25.6 Å². The van der Waals surface area contributed by atoms with E-state index in [4.69, 9.17) is 25.4 Å². The number of carboxylic acid groups (broad SMARTS) is 1. The van der Waals surface area contributed by atoms with Gasteiger partial charge in [-0.15, -0.1) is 5.10 Å². The first-order valence-corrected chi connectivity index (χ1v) is 12.4. The van der Waals surface area contributed by atoms with Crippen LogP contribution in [-0.2, 0) is 9.53 Å². The van der Waals surface area contributed by atoms with Crippen LogP contribution in [0.3, 0.4) is 0 Å². The van der Waals surface area contributed by atoms with E-state index in [0.29, 0.717) is 17.7 Å². The van der Waals surface area contributed by atoms with Crippen molar-refractivity contribution in [3.05, 3.63) is 81.7 Å². The molecule has 1 atom stereocenters. The number of aromatic carboxylic acids is 1. The molecule has 0 fully saturated rings. The number of hydrogen-bond donors (Lipinski definition) is 6. The van der Waals surface area contributed by atoms with Gasteiger partial charge in [-0.05, 0) is 30.3 Å². The first-order chi connectivity index (χ1) is 20.1. The van der Waals surface area contributed by atoms with Crippen molar-refractivity contribution in [2.24, 2.45) is 5.73 Å². The number of ether oxygens (including phenoxy) is 3. The van der Waals surface area contributed by atoms with Gasteiger partial charge in [0.25, 0.3) is 0 Å². The Labute approximate surface area is 237 Å². The number of rotatable bonds is 13. The van der Waals surface area contributed by atoms with Crippen LogP contribution in [0.15, 0.2) is 47.5 Å². The second kappa shape index (κ2) is 12.7. The molecular formula is C26H27FN8O7. The molecule has 0 aliphatic carbocycles. The Hall–Kier alpha value is -5.67. The second-order valence-electron chi connectivity index (χ2n) is 8.77. The van der Waals surface area contributed by atoms with Gasteiger partial charge >= 0.3 is 17.6 Å². The number of carbonyl (C=O) groups is 2. The van der Waals surface area contributed by atoms with Crippen LogP contribution in [0.2, 0.25) is 0 Å². The topological polar surface area (TPSA) is 223 Å². The number of methoxy groups -OCH3 is 1. The number of hydrogen-bond acceptors (Lipinski definition) is 10. The lowest BCUT2D eigenvalue weighted by Gasteiger charge is -2.21. The number of nitrogens with zero attached hydrogens (tertiary/aromatic N) is 3. The van der Waals surface area contributed by atoms with Gasteiger partial charge in [-0.2, -0.15) is 4.68 Å². The molecule has 16 heteroatoms. The fourth-order valence-corrected chi connectivity index (χ4v) is 3.91. The van der Waals surface area contributed by atoms with Gasteiger partial charge in [-0.3, -0.25) is 15.2 Å². The van der Waals surface area contributed by atoms with Crippen molar-refractivity contribution in [3.63, 3.8) is 0 Å². The summed E-state index contributed by atoms with van der Waals surface area (Å²) in [5, 5.41) is 24.4. The zero-order chi connectivity index (χ0) is 30.4. The predicted molar refractivity (Wildman–Crippen MR) is 146 cm³/mol. The number of nitrogen functional groups attached to an aromatic ring is 1. The zero-order valence-electron chi connectivity index (χ0n) is 22.4. The Balaban J connectivity index is 1.77. The molecule has 220 valence electrons. The molecule has 0 bridgehead atoms. The monoisotopic (exact) mass is 582 g/mol. The first-order valence-electron chi connectivity index (χ1n) is 12.4. The van der Waals surface area contributed by atoms with E-state index in [1.54, 1.807) is 24.3 Å². The second-order valence-corrected chi connectivity index (χ2v) is 8.77. The molecule has 4 aromatic rings. The molecule has 0 unspecified atom stereocenters. The summed E-state index contributed by atoms with van der Waals surface area (Å²) >= 11 is 0. The molecule has 0 amide bonds. The Kier molecular flexibility index (Phi) is 8.84. The Bertz CT molecular complexity index is 1660. The molecular weight excluding hydrogens is 555 g/mol. The highest BCUT2D eigenvalue weighted by molar-refractivity contribution is 5.95. The number of nitrogens with two attached hydrogens (primary N) is 1. The van der Waals surface area contributed by atoms with E-state index in [2.05, 4.69) is 25.4 Å². The van der Waals surface area contributed by atoms with Crippen molar-refractivity contribution < 1.29 is 33.3 Å². The normalized spacial score (nSPS) is 11.5. The van der Waals surface area contributed by atoms with Crippen LogP contribution in [0.4, 0.5) is 10.1 Å². The predicted octanol–water partition coefficient (Wildman–Crippen LogP) is 1.95. The van der Waals surface area contributed by atoms with Crippen molar-refractivity contribution >= 4 is 23.5 Å². The van der Waals surface area contributed by atoms with Gasteiger partial charge in [0.2, 0.25) is 0 Å². The van der Waals surface area contributed by atoms with E-state index >= 15 is 4.39 Å². The summed E-state index contributed by atoms with van der Waals surface area (Å²) in [5.41, 5.74) is 5.19. The van der Waals surface area contributed by atoms with Crippen molar-refractivity contribution in [1.29, 1.82) is 5.41 Å². The van der Waals surface area contributed by atoms with Gasteiger partial charge < -0.3 is 35.4 Å². The molecule has 7 N–H and O–H groups in total.